The highest BCUT2D eigenvalue weighted by Gasteiger charge is 2.37. The summed E-state index contributed by atoms with van der Waals surface area (Å²) in [5.41, 5.74) is 14.0. The maximum atomic E-state index is 6.58. The number of hydrogen-bond donors (Lipinski definition) is 0. The lowest BCUT2D eigenvalue weighted by Gasteiger charge is -2.21. The molecule has 2 aromatic heterocycles. The molecule has 1 aliphatic rings. The molecule has 1 aliphatic carbocycles. The first-order valence-electron chi connectivity index (χ1n) is 15.8. The first kappa shape index (κ1) is 26.6. The fourth-order valence-electron chi connectivity index (χ4n) is 7.26. The molecule has 3 heteroatoms. The van der Waals surface area contributed by atoms with Crippen molar-refractivity contribution in [3.63, 3.8) is 0 Å². The molecule has 8 aromatic rings. The first-order valence-corrected chi connectivity index (χ1v) is 15.8. The Morgan fingerprint density at radius 2 is 1.09 bits per heavy atom. The van der Waals surface area contributed by atoms with Gasteiger partial charge in [-0.25, -0.2) is 9.97 Å². The van der Waals surface area contributed by atoms with Gasteiger partial charge in [-0.3, -0.25) is 0 Å². The number of rotatable bonds is 4. The number of nitrogens with zero attached hydrogens (tertiary/aromatic N) is 2. The topological polar surface area (TPSA) is 38.9 Å². The van der Waals surface area contributed by atoms with Crippen molar-refractivity contribution in [3.05, 3.63) is 157 Å². The van der Waals surface area contributed by atoms with E-state index >= 15 is 0 Å². The zero-order valence-electron chi connectivity index (χ0n) is 25.7. The van der Waals surface area contributed by atoms with Gasteiger partial charge in [0.2, 0.25) is 0 Å². The molecule has 0 N–H and O–H groups in total. The Morgan fingerprint density at radius 1 is 0.478 bits per heavy atom. The van der Waals surface area contributed by atoms with E-state index in [1.807, 2.05) is 48.5 Å². The molecule has 0 atom stereocenters. The van der Waals surface area contributed by atoms with Gasteiger partial charge in [0, 0.05) is 32.9 Å². The van der Waals surface area contributed by atoms with Gasteiger partial charge in [0.05, 0.1) is 11.4 Å². The van der Waals surface area contributed by atoms with E-state index in [9.17, 15) is 0 Å². The predicted octanol–water partition coefficient (Wildman–Crippen LogP) is 11.4. The highest BCUT2D eigenvalue weighted by molar-refractivity contribution is 6.15. The molecule has 6 aromatic carbocycles. The Morgan fingerprint density at radius 3 is 1.83 bits per heavy atom. The van der Waals surface area contributed by atoms with Gasteiger partial charge in [0.1, 0.15) is 11.2 Å². The SMILES string of the molecule is CC1(C)c2ccccc2-c2c(-c3cc(-c4nc(-c5ccccc5)cc(-c5ccccc5)n4)cc4oc5ccccc5c34)cccc21. The lowest BCUT2D eigenvalue weighted by molar-refractivity contribution is 0.660. The quantitative estimate of drug-likeness (QED) is 0.205. The van der Waals surface area contributed by atoms with E-state index in [4.69, 9.17) is 14.4 Å². The summed E-state index contributed by atoms with van der Waals surface area (Å²) in [4.78, 5) is 10.3. The molecule has 0 bridgehead atoms. The van der Waals surface area contributed by atoms with Gasteiger partial charge in [-0.2, -0.15) is 0 Å². The fraction of sp³-hybridized carbons (Fsp3) is 0.0698. The third kappa shape index (κ3) is 4.05. The van der Waals surface area contributed by atoms with Crippen LogP contribution in [0.4, 0.5) is 0 Å². The second kappa shape index (κ2) is 10.1. The number of furan rings is 1. The van der Waals surface area contributed by atoms with Crippen LogP contribution in [0.1, 0.15) is 25.0 Å². The molecule has 0 amide bonds. The molecule has 218 valence electrons. The van der Waals surface area contributed by atoms with Crippen molar-refractivity contribution in [1.29, 1.82) is 0 Å². The molecule has 9 rings (SSSR count). The summed E-state index contributed by atoms with van der Waals surface area (Å²) in [6.45, 7) is 4.66. The molecule has 0 radical (unpaired) electrons. The molecule has 0 unspecified atom stereocenters. The van der Waals surface area contributed by atoms with Crippen molar-refractivity contribution in [2.45, 2.75) is 19.3 Å². The molecule has 3 nitrogen and oxygen atoms in total. The molecule has 0 saturated heterocycles. The number of aromatic nitrogens is 2. The summed E-state index contributed by atoms with van der Waals surface area (Å²) < 4.78 is 6.58. The molecule has 46 heavy (non-hydrogen) atoms. The predicted molar refractivity (Wildman–Crippen MR) is 189 cm³/mol. The normalized spacial score (nSPS) is 13.2. The van der Waals surface area contributed by atoms with E-state index in [0.29, 0.717) is 5.82 Å². The van der Waals surface area contributed by atoms with Crippen LogP contribution >= 0.6 is 0 Å². The monoisotopic (exact) mass is 590 g/mol. The lowest BCUT2D eigenvalue weighted by atomic mass is 9.82. The van der Waals surface area contributed by atoms with Crippen molar-refractivity contribution in [1.82, 2.24) is 9.97 Å². The Balaban J connectivity index is 1.36. The van der Waals surface area contributed by atoms with Crippen LogP contribution in [0.15, 0.2) is 150 Å². The third-order valence-electron chi connectivity index (χ3n) is 9.50. The van der Waals surface area contributed by atoms with Gasteiger partial charge in [0.15, 0.2) is 5.82 Å². The second-order valence-corrected chi connectivity index (χ2v) is 12.6. The van der Waals surface area contributed by atoms with Crippen molar-refractivity contribution >= 4 is 21.9 Å². The summed E-state index contributed by atoms with van der Waals surface area (Å²) in [6.07, 6.45) is 0. The van der Waals surface area contributed by atoms with Gasteiger partial charge < -0.3 is 4.42 Å². The zero-order valence-corrected chi connectivity index (χ0v) is 25.7. The summed E-state index contributed by atoms with van der Waals surface area (Å²) in [6, 6.07) is 51.0. The van der Waals surface area contributed by atoms with Gasteiger partial charge in [0.25, 0.3) is 0 Å². The smallest absolute Gasteiger partial charge is 0.160 e. The summed E-state index contributed by atoms with van der Waals surface area (Å²) in [5.74, 6) is 0.664. The third-order valence-corrected chi connectivity index (χ3v) is 9.50. The molecule has 0 saturated carbocycles. The van der Waals surface area contributed by atoms with Gasteiger partial charge >= 0.3 is 0 Å². The van der Waals surface area contributed by atoms with Crippen LogP contribution in [0.5, 0.6) is 0 Å². The number of para-hydroxylation sites is 1. The van der Waals surface area contributed by atoms with E-state index < -0.39 is 0 Å². The lowest BCUT2D eigenvalue weighted by Crippen LogP contribution is -2.14. The molecule has 0 fully saturated rings. The van der Waals surface area contributed by atoms with Crippen LogP contribution in [-0.2, 0) is 5.41 Å². The summed E-state index contributed by atoms with van der Waals surface area (Å²) in [5, 5.41) is 2.21. The van der Waals surface area contributed by atoms with E-state index in [2.05, 4.69) is 111 Å². The van der Waals surface area contributed by atoms with Crippen LogP contribution in [0.2, 0.25) is 0 Å². The van der Waals surface area contributed by atoms with Crippen molar-refractivity contribution in [3.8, 4) is 56.2 Å². The molecule has 0 aliphatic heterocycles. The Labute approximate surface area is 267 Å². The van der Waals surface area contributed by atoms with Crippen molar-refractivity contribution in [2.75, 3.05) is 0 Å². The van der Waals surface area contributed by atoms with E-state index in [-0.39, 0.29) is 5.41 Å². The maximum Gasteiger partial charge on any atom is 0.160 e. The van der Waals surface area contributed by atoms with Crippen LogP contribution in [0.3, 0.4) is 0 Å². The van der Waals surface area contributed by atoms with Gasteiger partial charge in [-0.05, 0) is 57.6 Å². The minimum atomic E-state index is -0.102. The van der Waals surface area contributed by atoms with Gasteiger partial charge in [-0.15, -0.1) is 0 Å². The van der Waals surface area contributed by atoms with Crippen LogP contribution < -0.4 is 0 Å². The Hall–Kier alpha value is -5.80. The standard InChI is InChI=1S/C43H30N2O/c1-43(2)34-21-11-9-18-31(34)40-30(20-13-22-35(40)43)33-24-29(25-39-41(33)32-19-10-12-23-38(32)46-39)42-44-36(27-14-5-3-6-15-27)26-37(45-42)28-16-7-4-8-17-28/h3-26H,1-2H3. The van der Waals surface area contributed by atoms with Crippen molar-refractivity contribution < 1.29 is 4.42 Å². The largest absolute Gasteiger partial charge is 0.456 e. The molecular weight excluding hydrogens is 560 g/mol. The number of benzene rings is 6. The van der Waals surface area contributed by atoms with E-state index in [0.717, 1.165) is 55.6 Å². The van der Waals surface area contributed by atoms with Crippen LogP contribution in [0, 0.1) is 0 Å². The number of hydrogen-bond acceptors (Lipinski definition) is 3. The highest BCUT2D eigenvalue weighted by Crippen LogP contribution is 2.53. The molecule has 2 heterocycles. The molecular formula is C43H30N2O. The van der Waals surface area contributed by atoms with Crippen molar-refractivity contribution in [2.24, 2.45) is 0 Å². The average molecular weight is 591 g/mol. The summed E-state index contributed by atoms with van der Waals surface area (Å²) >= 11 is 0. The molecule has 0 spiro atoms. The average Bonchev–Trinajstić information content (AvgIpc) is 3.61. The Bertz CT molecular complexity index is 2380. The number of fused-ring (bicyclic) bond motifs is 6. The second-order valence-electron chi connectivity index (χ2n) is 12.6. The fourth-order valence-corrected chi connectivity index (χ4v) is 7.26. The first-order chi connectivity index (χ1) is 22.6. The minimum Gasteiger partial charge on any atom is -0.456 e. The maximum absolute atomic E-state index is 6.58. The summed E-state index contributed by atoms with van der Waals surface area (Å²) in [7, 11) is 0. The van der Waals surface area contributed by atoms with E-state index in [1.54, 1.807) is 0 Å². The minimum absolute atomic E-state index is 0.102. The highest BCUT2D eigenvalue weighted by atomic mass is 16.3. The van der Waals surface area contributed by atoms with Crippen LogP contribution in [-0.4, -0.2) is 9.97 Å². The zero-order chi connectivity index (χ0) is 30.8. The van der Waals surface area contributed by atoms with Gasteiger partial charge in [-0.1, -0.05) is 135 Å². The Kier molecular flexibility index (Phi) is 5.85. The van der Waals surface area contributed by atoms with E-state index in [1.165, 1.54) is 27.8 Å². The van der Waals surface area contributed by atoms with Crippen LogP contribution in [0.25, 0.3) is 78.1 Å².